The van der Waals surface area contributed by atoms with Crippen molar-refractivity contribution in [3.05, 3.63) is 41.4 Å². The van der Waals surface area contributed by atoms with E-state index in [-0.39, 0.29) is 5.97 Å². The summed E-state index contributed by atoms with van der Waals surface area (Å²) in [7, 11) is 0. The number of thiazole rings is 1. The quantitative estimate of drug-likeness (QED) is 0.865. The van der Waals surface area contributed by atoms with Gasteiger partial charge in [-0.2, -0.15) is 0 Å². The van der Waals surface area contributed by atoms with Crippen LogP contribution < -0.4 is 5.32 Å². The number of rotatable bonds is 3. The normalized spacial score (nSPS) is 11.1. The van der Waals surface area contributed by atoms with E-state index in [1.54, 1.807) is 18.3 Å². The zero-order valence-electron chi connectivity index (χ0n) is 11.1. The molecule has 0 unspecified atom stereocenters. The maximum absolute atomic E-state index is 12.0. The summed E-state index contributed by atoms with van der Waals surface area (Å²) in [5.41, 5.74) is 0.852. The highest BCUT2D eigenvalue weighted by atomic mass is 32.1. The van der Waals surface area contributed by atoms with Crippen molar-refractivity contribution in [2.45, 2.75) is 26.4 Å². The van der Waals surface area contributed by atoms with E-state index in [1.165, 1.54) is 11.3 Å². The van der Waals surface area contributed by atoms with Gasteiger partial charge in [-0.1, -0.05) is 6.07 Å². The van der Waals surface area contributed by atoms with Crippen LogP contribution in [-0.4, -0.2) is 16.6 Å². The summed E-state index contributed by atoms with van der Waals surface area (Å²) in [5.74, 6) is -0.324. The van der Waals surface area contributed by atoms with Gasteiger partial charge in [0.15, 0.2) is 5.13 Å². The summed E-state index contributed by atoms with van der Waals surface area (Å²) in [6.07, 6.45) is 1.73. The number of nitrogens with one attached hydrogen (secondary N) is 1. The number of ether oxygens (including phenoxy) is 1. The number of hydrogen-bond acceptors (Lipinski definition) is 5. The summed E-state index contributed by atoms with van der Waals surface area (Å²) >= 11 is 1.50. The van der Waals surface area contributed by atoms with Crippen LogP contribution in [0.25, 0.3) is 0 Å². The molecule has 5 heteroatoms. The van der Waals surface area contributed by atoms with E-state index in [1.807, 2.05) is 38.3 Å². The Morgan fingerprint density at radius 3 is 2.79 bits per heavy atom. The lowest BCUT2D eigenvalue weighted by molar-refractivity contribution is 0.00696. The topological polar surface area (TPSA) is 51.2 Å². The molecule has 1 aromatic heterocycles. The average molecular weight is 276 g/mol. The lowest BCUT2D eigenvalue weighted by atomic mass is 10.1. The van der Waals surface area contributed by atoms with Gasteiger partial charge in [-0.3, -0.25) is 0 Å². The molecule has 19 heavy (non-hydrogen) atoms. The molecular formula is C14H16N2O2S. The monoisotopic (exact) mass is 276 g/mol. The summed E-state index contributed by atoms with van der Waals surface area (Å²) in [4.78, 5) is 16.1. The van der Waals surface area contributed by atoms with Crippen LogP contribution in [0.5, 0.6) is 0 Å². The lowest BCUT2D eigenvalue weighted by Crippen LogP contribution is -2.23. The maximum atomic E-state index is 12.0. The van der Waals surface area contributed by atoms with Crippen LogP contribution in [0.1, 0.15) is 31.1 Å². The fourth-order valence-electron chi connectivity index (χ4n) is 1.47. The molecule has 0 saturated carbocycles. The first kappa shape index (κ1) is 13.5. The van der Waals surface area contributed by atoms with Crippen LogP contribution in [0, 0.1) is 0 Å². The fraction of sp³-hybridized carbons (Fsp3) is 0.286. The van der Waals surface area contributed by atoms with E-state index in [9.17, 15) is 4.79 Å². The minimum atomic E-state index is -0.490. The van der Waals surface area contributed by atoms with Gasteiger partial charge in [0.2, 0.25) is 0 Å². The molecule has 0 fully saturated rings. The molecule has 1 N–H and O–H groups in total. The van der Waals surface area contributed by atoms with Gasteiger partial charge in [0.25, 0.3) is 0 Å². The van der Waals surface area contributed by atoms with Crippen LogP contribution >= 0.6 is 11.3 Å². The van der Waals surface area contributed by atoms with Crippen LogP contribution in [0.2, 0.25) is 0 Å². The van der Waals surface area contributed by atoms with E-state index < -0.39 is 5.60 Å². The Morgan fingerprint density at radius 2 is 2.16 bits per heavy atom. The molecular weight excluding hydrogens is 260 g/mol. The third-order valence-corrected chi connectivity index (χ3v) is 2.87. The van der Waals surface area contributed by atoms with Gasteiger partial charge in [-0.15, -0.1) is 11.3 Å². The Bertz CT molecular complexity index is 559. The number of aromatic nitrogens is 1. The van der Waals surface area contributed by atoms with Crippen molar-refractivity contribution in [1.29, 1.82) is 0 Å². The number of carbonyl (C=O) groups is 1. The molecule has 0 aliphatic heterocycles. The molecule has 0 atom stereocenters. The van der Waals surface area contributed by atoms with E-state index in [4.69, 9.17) is 4.74 Å². The second-order valence-electron chi connectivity index (χ2n) is 5.04. The fourth-order valence-corrected chi connectivity index (χ4v) is 2.02. The van der Waals surface area contributed by atoms with Crippen LogP contribution in [0.3, 0.4) is 0 Å². The Morgan fingerprint density at radius 1 is 1.37 bits per heavy atom. The first-order valence-electron chi connectivity index (χ1n) is 5.94. The molecule has 1 aromatic carbocycles. The van der Waals surface area contributed by atoms with Crippen molar-refractivity contribution >= 4 is 28.1 Å². The molecule has 0 bridgehead atoms. The third kappa shape index (κ3) is 4.06. The van der Waals surface area contributed by atoms with Crippen LogP contribution in [0.4, 0.5) is 10.8 Å². The highest BCUT2D eigenvalue weighted by Crippen LogP contribution is 2.20. The van der Waals surface area contributed by atoms with Gasteiger partial charge in [0.1, 0.15) is 5.60 Å². The van der Waals surface area contributed by atoms with Gasteiger partial charge in [-0.25, -0.2) is 9.78 Å². The summed E-state index contributed by atoms with van der Waals surface area (Å²) in [6.45, 7) is 5.55. The molecule has 2 aromatic rings. The van der Waals surface area contributed by atoms with Crippen molar-refractivity contribution in [1.82, 2.24) is 4.98 Å². The number of anilines is 2. The molecule has 4 nitrogen and oxygen atoms in total. The van der Waals surface area contributed by atoms with E-state index in [0.717, 1.165) is 10.8 Å². The predicted octanol–water partition coefficient (Wildman–Crippen LogP) is 3.84. The maximum Gasteiger partial charge on any atom is 0.338 e. The first-order chi connectivity index (χ1) is 8.94. The molecule has 0 radical (unpaired) electrons. The van der Waals surface area contributed by atoms with Gasteiger partial charge in [0.05, 0.1) is 5.56 Å². The lowest BCUT2D eigenvalue weighted by Gasteiger charge is -2.19. The second-order valence-corrected chi connectivity index (χ2v) is 5.94. The molecule has 100 valence electrons. The number of hydrogen-bond donors (Lipinski definition) is 1. The van der Waals surface area contributed by atoms with Crippen molar-refractivity contribution < 1.29 is 9.53 Å². The van der Waals surface area contributed by atoms with Gasteiger partial charge < -0.3 is 10.1 Å². The van der Waals surface area contributed by atoms with Crippen LogP contribution in [0.15, 0.2) is 35.8 Å². The number of carbonyl (C=O) groups excluding carboxylic acids is 1. The van der Waals surface area contributed by atoms with E-state index >= 15 is 0 Å². The largest absolute Gasteiger partial charge is 0.456 e. The highest BCUT2D eigenvalue weighted by Gasteiger charge is 2.17. The Labute approximate surface area is 116 Å². The molecule has 0 aliphatic rings. The number of nitrogens with zero attached hydrogens (tertiary/aromatic N) is 1. The van der Waals surface area contributed by atoms with Crippen molar-refractivity contribution in [3.8, 4) is 0 Å². The minimum Gasteiger partial charge on any atom is -0.456 e. The average Bonchev–Trinajstić information content (AvgIpc) is 2.80. The Balaban J connectivity index is 2.13. The molecule has 0 aliphatic carbocycles. The molecule has 2 rings (SSSR count). The Hall–Kier alpha value is -1.88. The van der Waals surface area contributed by atoms with Gasteiger partial charge in [0, 0.05) is 17.3 Å². The zero-order valence-corrected chi connectivity index (χ0v) is 12.0. The minimum absolute atomic E-state index is 0.324. The third-order valence-electron chi connectivity index (χ3n) is 2.18. The van der Waals surface area contributed by atoms with Gasteiger partial charge in [-0.05, 0) is 39.0 Å². The number of esters is 1. The summed E-state index contributed by atoms with van der Waals surface area (Å²) < 4.78 is 5.33. The second kappa shape index (κ2) is 5.40. The van der Waals surface area contributed by atoms with Crippen molar-refractivity contribution in [2.75, 3.05) is 5.32 Å². The molecule has 0 amide bonds. The predicted molar refractivity (Wildman–Crippen MR) is 77.0 cm³/mol. The molecule has 1 heterocycles. The van der Waals surface area contributed by atoms with E-state index in [2.05, 4.69) is 10.3 Å². The Kier molecular flexibility index (Phi) is 3.85. The molecule has 0 spiro atoms. The highest BCUT2D eigenvalue weighted by molar-refractivity contribution is 7.13. The smallest absolute Gasteiger partial charge is 0.338 e. The van der Waals surface area contributed by atoms with Crippen molar-refractivity contribution in [3.63, 3.8) is 0 Å². The molecule has 0 saturated heterocycles. The summed E-state index contributed by atoms with van der Waals surface area (Å²) in [5, 5.41) is 5.82. The van der Waals surface area contributed by atoms with Crippen molar-refractivity contribution in [2.24, 2.45) is 0 Å². The SMILES string of the molecule is CC(C)(C)OC(=O)c1cccc(Nc2nccs2)c1. The standard InChI is InChI=1S/C14H16N2O2S/c1-14(2,3)18-12(17)10-5-4-6-11(9-10)16-13-15-7-8-19-13/h4-9H,1-3H3,(H,15,16). The van der Waals surface area contributed by atoms with Crippen LogP contribution in [-0.2, 0) is 4.74 Å². The number of benzene rings is 1. The summed E-state index contributed by atoms with van der Waals surface area (Å²) in [6, 6.07) is 7.20. The van der Waals surface area contributed by atoms with E-state index in [0.29, 0.717) is 5.56 Å². The van der Waals surface area contributed by atoms with Gasteiger partial charge >= 0.3 is 5.97 Å². The first-order valence-corrected chi connectivity index (χ1v) is 6.82. The zero-order chi connectivity index (χ0) is 13.9.